The van der Waals surface area contributed by atoms with Crippen LogP contribution in [0, 0.1) is 24.7 Å². The fourth-order valence-corrected chi connectivity index (χ4v) is 14.0. The summed E-state index contributed by atoms with van der Waals surface area (Å²) < 4.78 is 5.29. The quantitative estimate of drug-likeness (QED) is 0.147. The van der Waals surface area contributed by atoms with E-state index in [9.17, 15) is 15.3 Å². The van der Waals surface area contributed by atoms with Crippen molar-refractivity contribution in [1.82, 2.24) is 14.7 Å². The van der Waals surface area contributed by atoms with Gasteiger partial charge in [0.1, 0.15) is 5.75 Å². The average Bonchev–Trinajstić information content (AvgIpc) is 4.08. The van der Waals surface area contributed by atoms with Crippen LogP contribution in [-0.4, -0.2) is 102 Å². The third-order valence-corrected chi connectivity index (χ3v) is 18.6. The van der Waals surface area contributed by atoms with Crippen molar-refractivity contribution in [3.8, 4) is 5.75 Å². The summed E-state index contributed by atoms with van der Waals surface area (Å²) in [4.78, 5) is 7.89. The van der Waals surface area contributed by atoms with Gasteiger partial charge in [-0.25, -0.2) is 0 Å². The fraction of sp³-hybridized carbons (Fsp3) is 0.723. The second kappa shape index (κ2) is 30.1. The highest BCUT2D eigenvalue weighted by Crippen LogP contribution is 2.43. The Bertz CT molecular complexity index is 1890. The standard InChI is InChI=1S/C23H37NO.C21H33NO2.C21H33NO/c25-23(17-11-14-21-12-5-3-6-13-21)16-8-4-7-15-22(23)20-24-18-9-1-2-10-19-24;1-24-20-12-10-18(11-13-20)21(23)14-6-4-5-9-19(21)17-22-15-7-2-3-8-16-22;1-18-10-12-19(13-11-18)21(23)14-6-4-5-9-20(21)17-22-15-7-2-3-8-16-22/h3,5-6,12-13,22,25H,1-2,4,7-11,14-20H2;10-13,19,23H,2-9,14-17H2,1H3;10-13,20,23H,2-9,14-17H2,1H3. The SMILES string of the molecule is COc1ccc(C2(O)CCCCCC2CN2CCCCCC2)cc1.Cc1ccc(C2(O)CCCCCC2CN2CCCCCC2)cc1.OC1(CCCc2ccccc2)CCCCCC1CN1CCCCCC1. The van der Waals surface area contributed by atoms with Crippen LogP contribution in [-0.2, 0) is 17.6 Å². The molecule has 0 spiro atoms. The maximum absolute atomic E-state index is 11.7. The minimum Gasteiger partial charge on any atom is -0.497 e. The lowest BCUT2D eigenvalue weighted by atomic mass is 9.77. The van der Waals surface area contributed by atoms with Crippen molar-refractivity contribution in [3.05, 3.63) is 101 Å². The molecule has 3 saturated carbocycles. The highest BCUT2D eigenvalue weighted by atomic mass is 16.5. The van der Waals surface area contributed by atoms with Crippen LogP contribution in [0.15, 0.2) is 78.9 Å². The van der Waals surface area contributed by atoms with E-state index in [4.69, 9.17) is 4.74 Å². The molecule has 3 N–H and O–H groups in total. The van der Waals surface area contributed by atoms with E-state index in [1.165, 1.54) is 185 Å². The smallest absolute Gasteiger partial charge is 0.118 e. The van der Waals surface area contributed by atoms with Gasteiger partial charge >= 0.3 is 0 Å². The van der Waals surface area contributed by atoms with Gasteiger partial charge in [0.05, 0.1) is 23.9 Å². The first-order chi connectivity index (χ1) is 35.2. The van der Waals surface area contributed by atoms with Gasteiger partial charge in [-0.2, -0.15) is 0 Å². The molecule has 6 fully saturated rings. The zero-order valence-corrected chi connectivity index (χ0v) is 45.9. The van der Waals surface area contributed by atoms with Gasteiger partial charge in [0.2, 0.25) is 0 Å². The van der Waals surface area contributed by atoms with Crippen molar-refractivity contribution in [3.63, 3.8) is 0 Å². The maximum atomic E-state index is 11.7. The van der Waals surface area contributed by atoms with E-state index in [1.54, 1.807) is 7.11 Å². The first-order valence-corrected chi connectivity index (χ1v) is 30.3. The highest BCUT2D eigenvalue weighted by Gasteiger charge is 2.42. The van der Waals surface area contributed by atoms with Crippen LogP contribution in [0.4, 0.5) is 0 Å². The fourth-order valence-electron chi connectivity index (χ4n) is 14.0. The van der Waals surface area contributed by atoms with E-state index in [0.717, 1.165) is 94.3 Å². The van der Waals surface area contributed by atoms with Crippen molar-refractivity contribution >= 4 is 0 Å². The normalized spacial score (nSPS) is 29.8. The third kappa shape index (κ3) is 17.4. The summed E-state index contributed by atoms with van der Waals surface area (Å²) in [5.74, 6) is 2.06. The van der Waals surface area contributed by atoms with Gasteiger partial charge in [-0.1, -0.05) is 169 Å². The maximum Gasteiger partial charge on any atom is 0.118 e. The Balaban J connectivity index is 0.000000159. The summed E-state index contributed by atoms with van der Waals surface area (Å²) in [7, 11) is 1.69. The highest BCUT2D eigenvalue weighted by molar-refractivity contribution is 5.32. The number of ether oxygens (including phenoxy) is 1. The Morgan fingerprint density at radius 3 is 1.28 bits per heavy atom. The number of benzene rings is 3. The summed E-state index contributed by atoms with van der Waals surface area (Å²) in [5.41, 5.74) is 3.15. The van der Waals surface area contributed by atoms with E-state index in [1.807, 2.05) is 12.1 Å². The zero-order valence-electron chi connectivity index (χ0n) is 45.9. The van der Waals surface area contributed by atoms with Crippen molar-refractivity contribution in [2.24, 2.45) is 17.8 Å². The molecule has 0 amide bonds. The molecule has 3 heterocycles. The Kier molecular flexibility index (Phi) is 23.8. The lowest BCUT2D eigenvalue weighted by Gasteiger charge is -2.38. The Morgan fingerprint density at radius 1 is 0.444 bits per heavy atom. The minimum atomic E-state index is -0.685. The van der Waals surface area contributed by atoms with E-state index < -0.39 is 16.8 Å². The zero-order chi connectivity index (χ0) is 50.3. The summed E-state index contributed by atoms with van der Waals surface area (Å²) in [6.45, 7) is 12.7. The third-order valence-electron chi connectivity index (χ3n) is 18.6. The predicted molar refractivity (Wildman–Crippen MR) is 301 cm³/mol. The second-order valence-corrected chi connectivity index (χ2v) is 23.9. The molecule has 72 heavy (non-hydrogen) atoms. The van der Waals surface area contributed by atoms with Gasteiger partial charge in [0, 0.05) is 37.4 Å². The molecular weight excluding hydrogens is 887 g/mol. The Morgan fingerprint density at radius 2 is 0.833 bits per heavy atom. The van der Waals surface area contributed by atoms with E-state index in [0.29, 0.717) is 17.8 Å². The molecule has 6 aliphatic rings. The molecule has 0 aromatic heterocycles. The van der Waals surface area contributed by atoms with Crippen molar-refractivity contribution in [1.29, 1.82) is 0 Å². The number of nitrogens with zero attached hydrogens (tertiary/aromatic N) is 3. The van der Waals surface area contributed by atoms with Gasteiger partial charge in [0.15, 0.2) is 0 Å². The molecule has 6 unspecified atom stereocenters. The van der Waals surface area contributed by atoms with Crippen molar-refractivity contribution in [2.45, 2.75) is 216 Å². The molecule has 0 radical (unpaired) electrons. The molecule has 3 saturated heterocycles. The van der Waals surface area contributed by atoms with E-state index in [-0.39, 0.29) is 0 Å². The number of hydrogen-bond acceptors (Lipinski definition) is 7. The van der Waals surface area contributed by atoms with Crippen molar-refractivity contribution < 1.29 is 20.1 Å². The largest absolute Gasteiger partial charge is 0.497 e. The average molecular weight is 991 g/mol. The summed E-state index contributed by atoms with van der Waals surface area (Å²) >= 11 is 0. The summed E-state index contributed by atoms with van der Waals surface area (Å²) in [6.07, 6.45) is 36.9. The number of hydrogen-bond donors (Lipinski definition) is 3. The minimum absolute atomic E-state index is 0.339. The van der Waals surface area contributed by atoms with E-state index >= 15 is 0 Å². The topological polar surface area (TPSA) is 79.6 Å². The molecule has 9 rings (SSSR count). The van der Waals surface area contributed by atoms with Crippen LogP contribution in [0.2, 0.25) is 0 Å². The molecule has 0 bridgehead atoms. The van der Waals surface area contributed by atoms with Crippen LogP contribution in [0.5, 0.6) is 5.75 Å². The Labute approximate surface area is 439 Å². The molecule has 7 heteroatoms. The monoisotopic (exact) mass is 990 g/mol. The van der Waals surface area contributed by atoms with Crippen LogP contribution in [0.1, 0.15) is 208 Å². The molecule has 6 atom stereocenters. The molecule has 3 aliphatic heterocycles. The molecule has 3 aromatic rings. The molecule has 402 valence electrons. The number of aliphatic hydroxyl groups is 3. The van der Waals surface area contributed by atoms with Gasteiger partial charge < -0.3 is 34.8 Å². The molecule has 3 aromatic carbocycles. The molecule has 7 nitrogen and oxygen atoms in total. The number of aryl methyl sites for hydroxylation is 2. The molecular formula is C65H103N3O4. The lowest BCUT2D eigenvalue weighted by Crippen LogP contribution is -2.44. The number of rotatable bonds is 13. The predicted octanol–water partition coefficient (Wildman–Crippen LogP) is 14.2. The number of methoxy groups -OCH3 is 1. The van der Waals surface area contributed by atoms with Crippen molar-refractivity contribution in [2.75, 3.05) is 66.0 Å². The van der Waals surface area contributed by atoms with E-state index in [2.05, 4.69) is 88.4 Å². The first-order valence-electron chi connectivity index (χ1n) is 30.3. The van der Waals surface area contributed by atoms with Crippen LogP contribution in [0.25, 0.3) is 0 Å². The van der Waals surface area contributed by atoms with Gasteiger partial charge in [0.25, 0.3) is 0 Å². The van der Waals surface area contributed by atoms with Crippen LogP contribution < -0.4 is 4.74 Å². The Hall–Kier alpha value is -2.78. The lowest BCUT2D eigenvalue weighted by molar-refractivity contribution is -0.0451. The van der Waals surface area contributed by atoms with Gasteiger partial charge in [-0.3, -0.25) is 0 Å². The summed E-state index contributed by atoms with van der Waals surface area (Å²) in [5, 5.41) is 34.9. The first kappa shape index (κ1) is 56.9. The molecule has 3 aliphatic carbocycles. The van der Waals surface area contributed by atoms with Crippen LogP contribution in [0.3, 0.4) is 0 Å². The second-order valence-electron chi connectivity index (χ2n) is 23.9. The van der Waals surface area contributed by atoms with Gasteiger partial charge in [-0.05, 0) is 171 Å². The number of likely N-dealkylation sites (tertiary alicyclic amines) is 3. The van der Waals surface area contributed by atoms with Gasteiger partial charge in [-0.15, -0.1) is 0 Å². The van der Waals surface area contributed by atoms with Crippen LogP contribution >= 0.6 is 0 Å². The summed E-state index contributed by atoms with van der Waals surface area (Å²) in [6, 6.07) is 27.5.